The molecule has 0 aliphatic carbocycles. The molecule has 1 aromatic heterocycles. The number of anilines is 1. The first-order valence-electron chi connectivity index (χ1n) is 10.8. The number of nitrogens with two attached hydrogens (primary N) is 1. The van der Waals surface area contributed by atoms with E-state index in [-0.39, 0.29) is 5.54 Å². The zero-order valence-corrected chi connectivity index (χ0v) is 17.6. The second-order valence-electron chi connectivity index (χ2n) is 8.57. The van der Waals surface area contributed by atoms with E-state index in [1.54, 1.807) is 0 Å². The Morgan fingerprint density at radius 3 is 2.38 bits per heavy atom. The van der Waals surface area contributed by atoms with Crippen LogP contribution in [0.25, 0.3) is 11.0 Å². The number of imidazole rings is 1. The highest BCUT2D eigenvalue weighted by Gasteiger charge is 2.31. The molecule has 1 unspecified atom stereocenters. The van der Waals surface area contributed by atoms with Crippen molar-refractivity contribution in [3.63, 3.8) is 0 Å². The number of piperazine rings is 1. The summed E-state index contributed by atoms with van der Waals surface area (Å²) in [6.45, 7) is 9.74. The zero-order valence-electron chi connectivity index (χ0n) is 17.6. The molecule has 0 spiro atoms. The summed E-state index contributed by atoms with van der Waals surface area (Å²) in [5.41, 5.74) is 10.0. The normalized spacial score (nSPS) is 17.7. The Labute approximate surface area is 173 Å². The molecule has 0 amide bonds. The quantitative estimate of drug-likeness (QED) is 0.640. The summed E-state index contributed by atoms with van der Waals surface area (Å²) in [6, 6.07) is 18.8. The van der Waals surface area contributed by atoms with Gasteiger partial charge >= 0.3 is 0 Å². The molecule has 29 heavy (non-hydrogen) atoms. The zero-order chi connectivity index (χ0) is 20.3. The van der Waals surface area contributed by atoms with Crippen molar-refractivity contribution in [1.29, 1.82) is 0 Å². The molecule has 154 valence electrons. The van der Waals surface area contributed by atoms with Gasteiger partial charge in [0, 0.05) is 31.7 Å². The van der Waals surface area contributed by atoms with Crippen LogP contribution < -0.4 is 10.6 Å². The van der Waals surface area contributed by atoms with E-state index in [4.69, 9.17) is 10.7 Å². The Balaban J connectivity index is 1.29. The predicted octanol–water partition coefficient (Wildman–Crippen LogP) is 3.98. The van der Waals surface area contributed by atoms with Crippen LogP contribution in [-0.4, -0.2) is 47.6 Å². The van der Waals surface area contributed by atoms with Gasteiger partial charge in [-0.3, -0.25) is 4.90 Å². The van der Waals surface area contributed by atoms with Crippen molar-refractivity contribution in [1.82, 2.24) is 14.9 Å². The Bertz CT molecular complexity index is 878. The van der Waals surface area contributed by atoms with Gasteiger partial charge in [-0.1, -0.05) is 56.3 Å². The summed E-state index contributed by atoms with van der Waals surface area (Å²) < 4.78 is 0. The molecule has 1 fully saturated rings. The van der Waals surface area contributed by atoms with E-state index in [0.717, 1.165) is 62.5 Å². The van der Waals surface area contributed by atoms with Crippen LogP contribution in [0, 0.1) is 5.92 Å². The van der Waals surface area contributed by atoms with Gasteiger partial charge in [-0.2, -0.15) is 0 Å². The van der Waals surface area contributed by atoms with Gasteiger partial charge < -0.3 is 15.6 Å². The second kappa shape index (κ2) is 8.56. The highest BCUT2D eigenvalue weighted by molar-refractivity contribution is 5.77. The topological polar surface area (TPSA) is 61.2 Å². The maximum absolute atomic E-state index is 6.87. The third kappa shape index (κ3) is 4.31. The molecular formula is C24H33N5. The Hall–Kier alpha value is -2.37. The van der Waals surface area contributed by atoms with Gasteiger partial charge in [0.15, 0.2) is 0 Å². The molecule has 1 atom stereocenters. The highest BCUT2D eigenvalue weighted by atomic mass is 15.3. The summed E-state index contributed by atoms with van der Waals surface area (Å²) in [5, 5.41) is 0. The lowest BCUT2D eigenvalue weighted by Crippen LogP contribution is -2.48. The molecule has 2 heterocycles. The minimum atomic E-state index is -0.253. The number of fused-ring (bicyclic) bond motifs is 1. The average molecular weight is 392 g/mol. The van der Waals surface area contributed by atoms with Crippen LogP contribution in [0.2, 0.25) is 0 Å². The summed E-state index contributed by atoms with van der Waals surface area (Å²) in [5.74, 6) is 1.41. The van der Waals surface area contributed by atoms with Crippen LogP contribution in [0.15, 0.2) is 54.6 Å². The van der Waals surface area contributed by atoms with E-state index in [9.17, 15) is 0 Å². The number of rotatable bonds is 7. The molecule has 5 heteroatoms. The maximum Gasteiger partial charge on any atom is 0.203 e. The Kier molecular flexibility index (Phi) is 5.88. The molecule has 3 N–H and O–H groups in total. The molecule has 0 saturated carbocycles. The van der Waals surface area contributed by atoms with Crippen LogP contribution >= 0.6 is 0 Å². The second-order valence-corrected chi connectivity index (χ2v) is 8.57. The lowest BCUT2D eigenvalue weighted by atomic mass is 9.77. The molecule has 0 bridgehead atoms. The monoisotopic (exact) mass is 391 g/mol. The lowest BCUT2D eigenvalue weighted by molar-refractivity contribution is 0.223. The number of nitrogens with zero attached hydrogens (tertiary/aromatic N) is 3. The summed E-state index contributed by atoms with van der Waals surface area (Å²) in [4.78, 5) is 13.1. The number of nitrogens with one attached hydrogen (secondary N) is 1. The summed E-state index contributed by atoms with van der Waals surface area (Å²) >= 11 is 0. The van der Waals surface area contributed by atoms with Crippen LogP contribution in [0.1, 0.15) is 32.3 Å². The van der Waals surface area contributed by atoms with E-state index in [2.05, 4.69) is 71.1 Å². The fourth-order valence-electron chi connectivity index (χ4n) is 4.38. The van der Waals surface area contributed by atoms with E-state index >= 15 is 0 Å². The number of aromatic amines is 1. The van der Waals surface area contributed by atoms with Gasteiger partial charge in [0.25, 0.3) is 0 Å². The van der Waals surface area contributed by atoms with Gasteiger partial charge in [-0.05, 0) is 43.0 Å². The van der Waals surface area contributed by atoms with Gasteiger partial charge in [0.05, 0.1) is 11.0 Å². The molecule has 0 radical (unpaired) electrons. The molecule has 3 aromatic rings. The van der Waals surface area contributed by atoms with Gasteiger partial charge in [-0.25, -0.2) is 4.98 Å². The third-order valence-electron chi connectivity index (χ3n) is 6.45. The number of aromatic nitrogens is 2. The fraction of sp³-hybridized carbons (Fsp3) is 0.458. The van der Waals surface area contributed by atoms with Crippen molar-refractivity contribution in [2.75, 3.05) is 37.6 Å². The smallest absolute Gasteiger partial charge is 0.203 e. The number of hydrogen-bond donors (Lipinski definition) is 2. The minimum Gasteiger partial charge on any atom is -0.340 e. The average Bonchev–Trinajstić information content (AvgIpc) is 3.19. The minimum absolute atomic E-state index is 0.253. The Morgan fingerprint density at radius 2 is 1.69 bits per heavy atom. The van der Waals surface area contributed by atoms with E-state index in [1.807, 2.05) is 12.1 Å². The first-order chi connectivity index (χ1) is 14.1. The first kappa shape index (κ1) is 19.9. The van der Waals surface area contributed by atoms with Crippen LogP contribution in [0.3, 0.4) is 0 Å². The first-order valence-corrected chi connectivity index (χ1v) is 10.8. The maximum atomic E-state index is 6.87. The van der Waals surface area contributed by atoms with Crippen molar-refractivity contribution in [3.8, 4) is 0 Å². The van der Waals surface area contributed by atoms with Crippen LogP contribution in [0.4, 0.5) is 5.95 Å². The molecule has 1 saturated heterocycles. The fourth-order valence-corrected chi connectivity index (χ4v) is 4.38. The SMILES string of the molecule is CC(C)C(N)(CCCN1CCN(c2nc3ccccc3[nH]2)CC1)c1ccccc1. The standard InChI is InChI=1S/C24H33N5/c1-19(2)24(25,20-9-4-3-5-10-20)13-8-14-28-15-17-29(18-16-28)23-26-21-11-6-7-12-22(21)27-23/h3-7,9-12,19H,8,13-18,25H2,1-2H3,(H,26,27). The van der Waals surface area contributed by atoms with Crippen molar-refractivity contribution >= 4 is 17.0 Å². The molecule has 5 nitrogen and oxygen atoms in total. The van der Waals surface area contributed by atoms with Gasteiger partial charge in [0.2, 0.25) is 5.95 Å². The number of hydrogen-bond acceptors (Lipinski definition) is 4. The van der Waals surface area contributed by atoms with E-state index in [0.29, 0.717) is 5.92 Å². The lowest BCUT2D eigenvalue weighted by Gasteiger charge is -2.37. The van der Waals surface area contributed by atoms with Crippen LogP contribution in [0.5, 0.6) is 0 Å². The third-order valence-corrected chi connectivity index (χ3v) is 6.45. The van der Waals surface area contributed by atoms with Crippen molar-refractivity contribution in [3.05, 3.63) is 60.2 Å². The predicted molar refractivity (Wildman–Crippen MR) is 121 cm³/mol. The number of para-hydroxylation sites is 2. The van der Waals surface area contributed by atoms with Crippen molar-refractivity contribution < 1.29 is 0 Å². The highest BCUT2D eigenvalue weighted by Crippen LogP contribution is 2.31. The van der Waals surface area contributed by atoms with Crippen molar-refractivity contribution in [2.24, 2.45) is 11.7 Å². The summed E-state index contributed by atoms with van der Waals surface area (Å²) in [7, 11) is 0. The molecular weight excluding hydrogens is 358 g/mol. The van der Waals surface area contributed by atoms with E-state index < -0.39 is 0 Å². The van der Waals surface area contributed by atoms with E-state index in [1.165, 1.54) is 5.56 Å². The van der Waals surface area contributed by atoms with Crippen LogP contribution in [-0.2, 0) is 5.54 Å². The number of H-pyrrole nitrogens is 1. The van der Waals surface area contributed by atoms with Gasteiger partial charge in [-0.15, -0.1) is 0 Å². The van der Waals surface area contributed by atoms with Gasteiger partial charge in [0.1, 0.15) is 0 Å². The van der Waals surface area contributed by atoms with Crippen molar-refractivity contribution in [2.45, 2.75) is 32.2 Å². The molecule has 4 rings (SSSR count). The molecule has 1 aliphatic heterocycles. The molecule has 2 aromatic carbocycles. The Morgan fingerprint density at radius 1 is 1.00 bits per heavy atom. The summed E-state index contributed by atoms with van der Waals surface area (Å²) in [6.07, 6.45) is 2.13. The molecule has 1 aliphatic rings. The number of benzene rings is 2. The largest absolute Gasteiger partial charge is 0.340 e.